The van der Waals surface area contributed by atoms with Crippen LogP contribution in [0.3, 0.4) is 0 Å². The van der Waals surface area contributed by atoms with Gasteiger partial charge in [-0.1, -0.05) is 147 Å². The maximum atomic E-state index is 2.41. The molecule has 51 heavy (non-hydrogen) atoms. The van der Waals surface area contributed by atoms with Gasteiger partial charge in [-0.05, 0) is 92.4 Å². The molecule has 0 spiro atoms. The molecule has 0 fully saturated rings. The number of rotatable bonds is 5. The van der Waals surface area contributed by atoms with Crippen LogP contribution < -0.4 is 4.90 Å². The maximum Gasteiger partial charge on any atom is 0.0465 e. The summed E-state index contributed by atoms with van der Waals surface area (Å²) in [5, 5.41) is 5.28. The summed E-state index contributed by atoms with van der Waals surface area (Å²) in [5.74, 6) is 0. The Kier molecular flexibility index (Phi) is 6.78. The lowest BCUT2D eigenvalue weighted by Gasteiger charge is -2.28. The molecule has 1 aliphatic rings. The lowest BCUT2D eigenvalue weighted by Crippen LogP contribution is -2.16. The molecule has 1 nitrogen and oxygen atoms in total. The van der Waals surface area contributed by atoms with Gasteiger partial charge in [0.25, 0.3) is 0 Å². The number of hydrogen-bond acceptors (Lipinski definition) is 2. The van der Waals surface area contributed by atoms with Crippen LogP contribution in [0.2, 0.25) is 0 Å². The fourth-order valence-electron chi connectivity index (χ4n) is 8.29. The predicted molar refractivity (Wildman–Crippen MR) is 220 cm³/mol. The van der Waals surface area contributed by atoms with Crippen LogP contribution in [0, 0.1) is 0 Å². The van der Waals surface area contributed by atoms with Crippen LogP contribution in [0.5, 0.6) is 0 Å². The van der Waals surface area contributed by atoms with E-state index in [-0.39, 0.29) is 5.41 Å². The fourth-order valence-corrected chi connectivity index (χ4v) is 9.52. The number of benzene rings is 8. The first-order valence-electron chi connectivity index (χ1n) is 17.7. The summed E-state index contributed by atoms with van der Waals surface area (Å²) in [7, 11) is 0. The van der Waals surface area contributed by atoms with Gasteiger partial charge in [0.1, 0.15) is 0 Å². The van der Waals surface area contributed by atoms with Crippen molar-refractivity contribution in [3.63, 3.8) is 0 Å². The van der Waals surface area contributed by atoms with Gasteiger partial charge < -0.3 is 4.90 Å². The summed E-state index contributed by atoms with van der Waals surface area (Å²) in [5.41, 5.74) is 13.7. The zero-order chi connectivity index (χ0) is 34.1. The summed E-state index contributed by atoms with van der Waals surface area (Å²) >= 11 is 1.89. The average molecular weight is 670 g/mol. The minimum Gasteiger partial charge on any atom is -0.310 e. The minimum atomic E-state index is -0.0805. The molecule has 1 aromatic heterocycles. The van der Waals surface area contributed by atoms with Crippen LogP contribution in [0.1, 0.15) is 25.0 Å². The lowest BCUT2D eigenvalue weighted by atomic mass is 9.82. The SMILES string of the molecule is CC1(C)c2ccccc2-c2ccc(N(c3ccc(-c4ccccc4)cc3)c3ccc(-c4cccc5c4ccc4c6ccccc6sc54)cc3)cc21. The van der Waals surface area contributed by atoms with Crippen LogP contribution in [-0.2, 0) is 5.41 Å². The second-order valence-electron chi connectivity index (χ2n) is 14.1. The molecule has 0 N–H and O–H groups in total. The van der Waals surface area contributed by atoms with Crippen molar-refractivity contribution in [2.75, 3.05) is 4.90 Å². The molecule has 0 saturated carbocycles. The highest BCUT2D eigenvalue weighted by Gasteiger charge is 2.35. The number of hydrogen-bond donors (Lipinski definition) is 0. The van der Waals surface area contributed by atoms with Gasteiger partial charge in [0, 0.05) is 48.0 Å². The van der Waals surface area contributed by atoms with Crippen molar-refractivity contribution >= 4 is 59.3 Å². The molecule has 0 bridgehead atoms. The third kappa shape index (κ3) is 4.75. The summed E-state index contributed by atoms with van der Waals surface area (Å²) in [4.78, 5) is 2.40. The lowest BCUT2D eigenvalue weighted by molar-refractivity contribution is 0.660. The molecule has 0 radical (unpaired) electrons. The molecule has 0 amide bonds. The van der Waals surface area contributed by atoms with Crippen LogP contribution in [0.25, 0.3) is 64.3 Å². The van der Waals surface area contributed by atoms with E-state index in [1.165, 1.54) is 75.5 Å². The van der Waals surface area contributed by atoms with Gasteiger partial charge in [-0.3, -0.25) is 0 Å². The maximum absolute atomic E-state index is 2.41. The Hall–Kier alpha value is -5.96. The Labute approximate surface area is 302 Å². The van der Waals surface area contributed by atoms with E-state index in [0.717, 1.165) is 17.1 Å². The minimum absolute atomic E-state index is 0.0805. The number of thiophene rings is 1. The van der Waals surface area contributed by atoms with Crippen molar-refractivity contribution in [1.29, 1.82) is 0 Å². The third-order valence-electron chi connectivity index (χ3n) is 10.9. The molecule has 1 heterocycles. The third-order valence-corrected chi connectivity index (χ3v) is 12.1. The first kappa shape index (κ1) is 29.9. The van der Waals surface area contributed by atoms with Gasteiger partial charge in [-0.2, -0.15) is 0 Å². The zero-order valence-corrected chi connectivity index (χ0v) is 29.4. The topological polar surface area (TPSA) is 3.24 Å². The standard InChI is InChI=1S/C49H35NS/c1-49(2)45-17-8-6-13-40(45)41-28-27-37(31-46(41)49)50(35-23-19-33(20-24-35)32-11-4-3-5-12-32)36-25-21-34(22-26-36)38-15-10-16-43-39(38)29-30-44-42-14-7-9-18-47(42)51-48(43)44/h3-31H,1-2H3. The average Bonchev–Trinajstić information content (AvgIpc) is 3.68. The summed E-state index contributed by atoms with van der Waals surface area (Å²) < 4.78 is 2.70. The Bertz CT molecular complexity index is 2750. The van der Waals surface area contributed by atoms with Crippen molar-refractivity contribution in [3.05, 3.63) is 187 Å². The molecule has 0 saturated heterocycles. The summed E-state index contributed by atoms with van der Waals surface area (Å²) in [6.07, 6.45) is 0. The smallest absolute Gasteiger partial charge is 0.0465 e. The molecule has 2 heteroatoms. The highest BCUT2D eigenvalue weighted by molar-refractivity contribution is 7.26. The monoisotopic (exact) mass is 669 g/mol. The van der Waals surface area contributed by atoms with E-state index in [1.807, 2.05) is 11.3 Å². The molecule has 0 unspecified atom stereocenters. The van der Waals surface area contributed by atoms with Gasteiger partial charge in [-0.25, -0.2) is 0 Å². The number of nitrogens with zero attached hydrogens (tertiary/aromatic N) is 1. The molecular weight excluding hydrogens is 635 g/mol. The Morgan fingerprint density at radius 1 is 0.392 bits per heavy atom. The van der Waals surface area contributed by atoms with E-state index >= 15 is 0 Å². The van der Waals surface area contributed by atoms with Crippen LogP contribution >= 0.6 is 11.3 Å². The van der Waals surface area contributed by atoms with Gasteiger partial charge in [0.15, 0.2) is 0 Å². The molecule has 0 atom stereocenters. The largest absolute Gasteiger partial charge is 0.310 e. The van der Waals surface area contributed by atoms with Crippen molar-refractivity contribution in [3.8, 4) is 33.4 Å². The normalized spacial score (nSPS) is 13.1. The molecule has 0 aliphatic heterocycles. The fraction of sp³-hybridized carbons (Fsp3) is 0.0612. The van der Waals surface area contributed by atoms with E-state index in [2.05, 4.69) is 195 Å². The van der Waals surface area contributed by atoms with Crippen molar-refractivity contribution < 1.29 is 0 Å². The number of anilines is 3. The van der Waals surface area contributed by atoms with Crippen molar-refractivity contribution in [2.24, 2.45) is 0 Å². The van der Waals surface area contributed by atoms with Crippen LogP contribution in [0.15, 0.2) is 176 Å². The van der Waals surface area contributed by atoms with E-state index in [1.54, 1.807) is 0 Å². The molecule has 10 rings (SSSR count). The zero-order valence-electron chi connectivity index (χ0n) is 28.6. The molecule has 242 valence electrons. The van der Waals surface area contributed by atoms with E-state index in [9.17, 15) is 0 Å². The molecule has 9 aromatic rings. The molecular formula is C49H35NS. The van der Waals surface area contributed by atoms with Crippen LogP contribution in [-0.4, -0.2) is 0 Å². The van der Waals surface area contributed by atoms with Gasteiger partial charge in [0.05, 0.1) is 0 Å². The quantitative estimate of drug-likeness (QED) is 0.176. The summed E-state index contributed by atoms with van der Waals surface area (Å²) in [6.45, 7) is 4.71. The van der Waals surface area contributed by atoms with Crippen LogP contribution in [0.4, 0.5) is 17.1 Å². The van der Waals surface area contributed by atoms with E-state index in [0.29, 0.717) is 0 Å². The highest BCUT2D eigenvalue weighted by atomic mass is 32.1. The predicted octanol–water partition coefficient (Wildman–Crippen LogP) is 14.3. The molecule has 1 aliphatic carbocycles. The second-order valence-corrected chi connectivity index (χ2v) is 15.2. The van der Waals surface area contributed by atoms with Gasteiger partial charge in [0.2, 0.25) is 0 Å². The Balaban J connectivity index is 1.09. The first-order valence-corrected chi connectivity index (χ1v) is 18.5. The van der Waals surface area contributed by atoms with Gasteiger partial charge in [-0.15, -0.1) is 11.3 Å². The summed E-state index contributed by atoms with van der Waals surface area (Å²) in [6, 6.07) is 64.7. The van der Waals surface area contributed by atoms with E-state index < -0.39 is 0 Å². The Morgan fingerprint density at radius 2 is 0.961 bits per heavy atom. The molecule has 8 aromatic carbocycles. The van der Waals surface area contributed by atoms with Crippen molar-refractivity contribution in [2.45, 2.75) is 19.3 Å². The number of fused-ring (bicyclic) bond motifs is 8. The Morgan fingerprint density at radius 3 is 1.76 bits per heavy atom. The van der Waals surface area contributed by atoms with Gasteiger partial charge >= 0.3 is 0 Å². The first-order chi connectivity index (χ1) is 25.0. The highest BCUT2D eigenvalue weighted by Crippen LogP contribution is 2.51. The van der Waals surface area contributed by atoms with E-state index in [4.69, 9.17) is 0 Å². The second kappa shape index (κ2) is 11.6. The van der Waals surface area contributed by atoms with Crippen molar-refractivity contribution in [1.82, 2.24) is 0 Å².